The Kier molecular flexibility index (Phi) is 6.30. The number of benzene rings is 1. The molecule has 3 atom stereocenters. The van der Waals surface area contributed by atoms with Crippen LogP contribution in [0.1, 0.15) is 44.2 Å². The van der Waals surface area contributed by atoms with Crippen LogP contribution in [0.5, 0.6) is 0 Å². The summed E-state index contributed by atoms with van der Waals surface area (Å²) in [5.41, 5.74) is 6.53. The van der Waals surface area contributed by atoms with Crippen molar-refractivity contribution >= 4 is 30.0 Å². The van der Waals surface area contributed by atoms with E-state index in [1.54, 1.807) is 12.1 Å². The van der Waals surface area contributed by atoms with Crippen LogP contribution >= 0.6 is 12.4 Å². The van der Waals surface area contributed by atoms with Crippen molar-refractivity contribution in [2.75, 3.05) is 18.4 Å². The molecular formula is C18H27ClN4O2. The average molecular weight is 367 g/mol. The monoisotopic (exact) mass is 366 g/mol. The molecule has 6 nitrogen and oxygen atoms in total. The summed E-state index contributed by atoms with van der Waals surface area (Å²) < 4.78 is 0. The summed E-state index contributed by atoms with van der Waals surface area (Å²) in [6, 6.07) is 6.74. The second-order valence-corrected chi connectivity index (χ2v) is 7.04. The summed E-state index contributed by atoms with van der Waals surface area (Å²) in [4.78, 5) is 23.8. The van der Waals surface area contributed by atoms with Crippen molar-refractivity contribution in [3.63, 3.8) is 0 Å². The number of primary amides is 1. The van der Waals surface area contributed by atoms with Crippen LogP contribution in [-0.4, -0.2) is 25.0 Å². The molecule has 0 aromatic heterocycles. The average Bonchev–Trinajstić information content (AvgIpc) is 3.00. The van der Waals surface area contributed by atoms with Crippen LogP contribution in [0.15, 0.2) is 24.3 Å². The number of carbonyl (C=O) groups is 2. The van der Waals surface area contributed by atoms with Crippen LogP contribution < -0.4 is 21.7 Å². The van der Waals surface area contributed by atoms with Gasteiger partial charge in [-0.25, -0.2) is 4.79 Å². The molecule has 1 aromatic carbocycles. The number of hydrogen-bond acceptors (Lipinski definition) is 3. The minimum Gasteiger partial charge on any atom is -0.351 e. The minimum absolute atomic E-state index is 0. The van der Waals surface area contributed by atoms with Gasteiger partial charge in [-0.3, -0.25) is 4.79 Å². The molecule has 0 bridgehead atoms. The number of anilines is 1. The number of hydrogen-bond donors (Lipinski definition) is 4. The van der Waals surface area contributed by atoms with E-state index in [2.05, 4.69) is 16.0 Å². The van der Waals surface area contributed by atoms with Gasteiger partial charge in [0.15, 0.2) is 0 Å². The zero-order valence-electron chi connectivity index (χ0n) is 14.5. The smallest absolute Gasteiger partial charge is 0.316 e. The van der Waals surface area contributed by atoms with Crippen molar-refractivity contribution in [2.45, 2.75) is 38.6 Å². The number of halogens is 1. The molecule has 1 heterocycles. The van der Waals surface area contributed by atoms with Crippen molar-refractivity contribution in [2.24, 2.45) is 17.1 Å². The van der Waals surface area contributed by atoms with Crippen molar-refractivity contribution in [3.05, 3.63) is 29.8 Å². The highest BCUT2D eigenvalue weighted by molar-refractivity contribution is 5.87. The number of carbonyl (C=O) groups excluding carboxylic acids is 2. The van der Waals surface area contributed by atoms with E-state index < -0.39 is 6.03 Å². The SMILES string of the molecule is CC(NC(=O)[C@@]12CCCC[C@H]1CNC2)c1ccc(NC(N)=O)cc1.Cl. The van der Waals surface area contributed by atoms with Gasteiger partial charge in [0.25, 0.3) is 0 Å². The first-order chi connectivity index (χ1) is 11.5. The lowest BCUT2D eigenvalue weighted by Gasteiger charge is -2.38. The summed E-state index contributed by atoms with van der Waals surface area (Å²) in [5, 5.41) is 9.14. The lowest BCUT2D eigenvalue weighted by atomic mass is 9.67. The Morgan fingerprint density at radius 2 is 2.00 bits per heavy atom. The molecule has 3 rings (SSSR count). The third-order valence-electron chi connectivity index (χ3n) is 5.52. The van der Waals surface area contributed by atoms with E-state index in [-0.39, 0.29) is 29.8 Å². The van der Waals surface area contributed by atoms with Crippen LogP contribution in [0.3, 0.4) is 0 Å². The second-order valence-electron chi connectivity index (χ2n) is 7.04. The van der Waals surface area contributed by atoms with Crippen LogP contribution in [0.4, 0.5) is 10.5 Å². The van der Waals surface area contributed by atoms with E-state index in [0.717, 1.165) is 37.9 Å². The highest BCUT2D eigenvalue weighted by Crippen LogP contribution is 2.44. The highest BCUT2D eigenvalue weighted by Gasteiger charge is 2.49. The van der Waals surface area contributed by atoms with E-state index in [1.807, 2.05) is 19.1 Å². The molecule has 1 aliphatic carbocycles. The third kappa shape index (κ3) is 4.07. The number of nitrogens with two attached hydrogens (primary N) is 1. The zero-order chi connectivity index (χ0) is 17.2. The van der Waals surface area contributed by atoms with Crippen LogP contribution in [0.2, 0.25) is 0 Å². The summed E-state index contributed by atoms with van der Waals surface area (Å²) >= 11 is 0. The largest absolute Gasteiger partial charge is 0.351 e. The van der Waals surface area contributed by atoms with Gasteiger partial charge in [-0.15, -0.1) is 12.4 Å². The van der Waals surface area contributed by atoms with Gasteiger partial charge in [0, 0.05) is 12.2 Å². The molecule has 1 aromatic rings. The molecule has 1 unspecified atom stereocenters. The van der Waals surface area contributed by atoms with Gasteiger partial charge in [0.1, 0.15) is 0 Å². The van der Waals surface area contributed by atoms with Crippen molar-refractivity contribution < 1.29 is 9.59 Å². The maximum Gasteiger partial charge on any atom is 0.316 e. The summed E-state index contributed by atoms with van der Waals surface area (Å²) in [6.07, 6.45) is 4.48. The quantitative estimate of drug-likeness (QED) is 0.659. The fourth-order valence-corrected chi connectivity index (χ4v) is 4.11. The van der Waals surface area contributed by atoms with E-state index in [0.29, 0.717) is 11.6 Å². The Hall–Kier alpha value is -1.79. The van der Waals surface area contributed by atoms with E-state index in [1.165, 1.54) is 6.42 Å². The summed E-state index contributed by atoms with van der Waals surface area (Å²) in [7, 11) is 0. The predicted molar refractivity (Wildman–Crippen MR) is 101 cm³/mol. The van der Waals surface area contributed by atoms with Crippen molar-refractivity contribution in [1.29, 1.82) is 0 Å². The molecule has 5 N–H and O–H groups in total. The maximum atomic E-state index is 13.0. The maximum absolute atomic E-state index is 13.0. The molecule has 1 saturated heterocycles. The normalized spacial score (nSPS) is 26.0. The third-order valence-corrected chi connectivity index (χ3v) is 5.52. The number of nitrogens with one attached hydrogen (secondary N) is 3. The molecule has 3 amide bonds. The van der Waals surface area contributed by atoms with E-state index in [4.69, 9.17) is 5.73 Å². The summed E-state index contributed by atoms with van der Waals surface area (Å²) in [5.74, 6) is 0.629. The first-order valence-electron chi connectivity index (χ1n) is 8.69. The van der Waals surface area contributed by atoms with Gasteiger partial charge >= 0.3 is 6.03 Å². The van der Waals surface area contributed by atoms with E-state index >= 15 is 0 Å². The molecule has 138 valence electrons. The number of urea groups is 1. The van der Waals surface area contributed by atoms with Crippen molar-refractivity contribution in [1.82, 2.24) is 10.6 Å². The first-order valence-corrected chi connectivity index (χ1v) is 8.69. The Balaban J connectivity index is 0.00000225. The van der Waals surface area contributed by atoms with Gasteiger partial charge in [0.05, 0.1) is 11.5 Å². The highest BCUT2D eigenvalue weighted by atomic mass is 35.5. The molecular weight excluding hydrogens is 340 g/mol. The Bertz CT molecular complexity index is 622. The predicted octanol–water partition coefficient (Wildman–Crippen LogP) is 2.56. The lowest BCUT2D eigenvalue weighted by Crippen LogP contribution is -2.48. The Morgan fingerprint density at radius 3 is 2.68 bits per heavy atom. The number of rotatable bonds is 4. The topological polar surface area (TPSA) is 96.2 Å². The Labute approximate surface area is 154 Å². The second kappa shape index (κ2) is 8.06. The molecule has 25 heavy (non-hydrogen) atoms. The number of amides is 3. The van der Waals surface area contributed by atoms with Crippen molar-refractivity contribution in [3.8, 4) is 0 Å². The molecule has 7 heteroatoms. The molecule has 2 fully saturated rings. The first kappa shape index (κ1) is 19.5. The van der Waals surface area contributed by atoms with Gasteiger partial charge in [-0.05, 0) is 49.9 Å². The van der Waals surface area contributed by atoms with Crippen LogP contribution in [0.25, 0.3) is 0 Å². The van der Waals surface area contributed by atoms with Gasteiger partial charge in [-0.2, -0.15) is 0 Å². The van der Waals surface area contributed by atoms with Gasteiger partial charge < -0.3 is 21.7 Å². The zero-order valence-corrected chi connectivity index (χ0v) is 15.3. The fourth-order valence-electron chi connectivity index (χ4n) is 4.11. The van der Waals surface area contributed by atoms with E-state index in [9.17, 15) is 9.59 Å². The minimum atomic E-state index is -0.583. The lowest BCUT2D eigenvalue weighted by molar-refractivity contribution is -0.134. The Morgan fingerprint density at radius 1 is 1.28 bits per heavy atom. The molecule has 1 aliphatic heterocycles. The molecule has 0 spiro atoms. The van der Waals surface area contributed by atoms with Gasteiger partial charge in [-0.1, -0.05) is 25.0 Å². The molecule has 1 saturated carbocycles. The van der Waals surface area contributed by atoms with Crippen LogP contribution in [0, 0.1) is 11.3 Å². The standard InChI is InChI=1S/C18H26N4O2.ClH/c1-12(13-5-7-15(8-6-13)22-17(19)24)21-16(23)18-9-3-2-4-14(18)10-20-11-18;/h5-8,12,14,20H,2-4,9-11H2,1H3,(H,21,23)(H3,19,22,24);1H/t12?,14-,18+;/m0./s1. The fraction of sp³-hybridized carbons (Fsp3) is 0.556. The summed E-state index contributed by atoms with van der Waals surface area (Å²) in [6.45, 7) is 3.73. The van der Waals surface area contributed by atoms with Gasteiger partial charge in [0.2, 0.25) is 5.91 Å². The molecule has 2 aliphatic rings. The van der Waals surface area contributed by atoms with Crippen LogP contribution in [-0.2, 0) is 4.79 Å². The molecule has 0 radical (unpaired) electrons. The number of fused-ring (bicyclic) bond motifs is 1.